The van der Waals surface area contributed by atoms with Gasteiger partial charge >= 0.3 is 0 Å². The smallest absolute Gasteiger partial charge is 0.0682 e. The third-order valence-electron chi connectivity index (χ3n) is 1.64. The fraction of sp³-hybridized carbons (Fsp3) is 0.333. The first kappa shape index (κ1) is 9.52. The summed E-state index contributed by atoms with van der Waals surface area (Å²) in [6.07, 6.45) is 1.92. The van der Waals surface area contributed by atoms with Crippen molar-refractivity contribution < 1.29 is 4.84 Å². The first-order valence-corrected chi connectivity index (χ1v) is 4.27. The van der Waals surface area contributed by atoms with Crippen LogP contribution >= 0.6 is 11.6 Å². The molecule has 0 saturated carbocycles. The SMILES string of the molecule is NOCCCc1ccc(Cl)cc1. The van der Waals surface area contributed by atoms with Crippen LogP contribution in [0.4, 0.5) is 0 Å². The maximum Gasteiger partial charge on any atom is 0.0682 e. The summed E-state index contributed by atoms with van der Waals surface area (Å²) in [5, 5.41) is 0.772. The Morgan fingerprint density at radius 2 is 1.92 bits per heavy atom. The van der Waals surface area contributed by atoms with Gasteiger partial charge in [0.1, 0.15) is 0 Å². The normalized spacial score (nSPS) is 10.2. The van der Waals surface area contributed by atoms with E-state index in [0.29, 0.717) is 6.61 Å². The second-order valence-electron chi connectivity index (χ2n) is 2.60. The lowest BCUT2D eigenvalue weighted by molar-refractivity contribution is 0.135. The lowest BCUT2D eigenvalue weighted by Gasteiger charge is -1.99. The van der Waals surface area contributed by atoms with Gasteiger partial charge < -0.3 is 4.84 Å². The van der Waals surface area contributed by atoms with E-state index < -0.39 is 0 Å². The summed E-state index contributed by atoms with van der Waals surface area (Å²) < 4.78 is 0. The van der Waals surface area contributed by atoms with Gasteiger partial charge in [0.05, 0.1) is 6.61 Å². The van der Waals surface area contributed by atoms with Crippen LogP contribution in [0.15, 0.2) is 24.3 Å². The van der Waals surface area contributed by atoms with Crippen molar-refractivity contribution in [3.63, 3.8) is 0 Å². The Kier molecular flexibility index (Phi) is 4.08. The van der Waals surface area contributed by atoms with Crippen LogP contribution in [0.1, 0.15) is 12.0 Å². The van der Waals surface area contributed by atoms with E-state index in [2.05, 4.69) is 4.84 Å². The number of hydrogen-bond donors (Lipinski definition) is 1. The molecule has 0 fully saturated rings. The van der Waals surface area contributed by atoms with Crippen LogP contribution in [0.25, 0.3) is 0 Å². The molecule has 0 aromatic heterocycles. The van der Waals surface area contributed by atoms with Crippen LogP contribution in [0, 0.1) is 0 Å². The van der Waals surface area contributed by atoms with Crippen molar-refractivity contribution in [2.75, 3.05) is 6.61 Å². The number of benzene rings is 1. The topological polar surface area (TPSA) is 35.2 Å². The Labute approximate surface area is 77.2 Å². The molecule has 1 rings (SSSR count). The molecule has 0 aliphatic rings. The molecule has 1 aromatic rings. The minimum atomic E-state index is 0.600. The maximum absolute atomic E-state index is 5.73. The van der Waals surface area contributed by atoms with Gasteiger partial charge in [-0.25, -0.2) is 5.90 Å². The van der Waals surface area contributed by atoms with Crippen molar-refractivity contribution >= 4 is 11.6 Å². The van der Waals surface area contributed by atoms with Gasteiger partial charge in [-0.15, -0.1) is 0 Å². The molecule has 2 N–H and O–H groups in total. The molecule has 0 aliphatic carbocycles. The highest BCUT2D eigenvalue weighted by atomic mass is 35.5. The number of hydrogen-bond acceptors (Lipinski definition) is 2. The van der Waals surface area contributed by atoms with Crippen molar-refractivity contribution in [2.24, 2.45) is 5.90 Å². The molecular formula is C9H12ClNO. The summed E-state index contributed by atoms with van der Waals surface area (Å²) in [5.74, 6) is 4.90. The summed E-state index contributed by atoms with van der Waals surface area (Å²) in [7, 11) is 0. The van der Waals surface area contributed by atoms with Crippen LogP contribution in [0.2, 0.25) is 5.02 Å². The van der Waals surface area contributed by atoms with Gasteiger partial charge in [-0.1, -0.05) is 23.7 Å². The Bertz CT molecular complexity index is 222. The van der Waals surface area contributed by atoms with Gasteiger partial charge in [0, 0.05) is 5.02 Å². The lowest BCUT2D eigenvalue weighted by atomic mass is 10.1. The Morgan fingerprint density at radius 3 is 2.50 bits per heavy atom. The molecule has 0 bridgehead atoms. The monoisotopic (exact) mass is 185 g/mol. The predicted octanol–water partition coefficient (Wildman–Crippen LogP) is 2.16. The molecule has 0 radical (unpaired) electrons. The van der Waals surface area contributed by atoms with E-state index in [1.807, 2.05) is 24.3 Å². The number of halogens is 1. The van der Waals surface area contributed by atoms with Crippen LogP contribution in [-0.4, -0.2) is 6.61 Å². The van der Waals surface area contributed by atoms with Crippen molar-refractivity contribution in [2.45, 2.75) is 12.8 Å². The van der Waals surface area contributed by atoms with Gasteiger partial charge in [-0.05, 0) is 30.5 Å². The maximum atomic E-state index is 5.73. The molecule has 0 saturated heterocycles. The highest BCUT2D eigenvalue weighted by Crippen LogP contribution is 2.10. The quantitative estimate of drug-likeness (QED) is 0.577. The molecule has 0 amide bonds. The lowest BCUT2D eigenvalue weighted by Crippen LogP contribution is -2.01. The zero-order valence-corrected chi connectivity index (χ0v) is 7.55. The highest BCUT2D eigenvalue weighted by molar-refractivity contribution is 6.30. The number of aryl methyl sites for hydroxylation is 1. The number of rotatable bonds is 4. The van der Waals surface area contributed by atoms with E-state index in [4.69, 9.17) is 17.5 Å². The van der Waals surface area contributed by atoms with Crippen molar-refractivity contribution in [1.29, 1.82) is 0 Å². The molecule has 0 atom stereocenters. The molecular weight excluding hydrogens is 174 g/mol. The fourth-order valence-corrected chi connectivity index (χ4v) is 1.14. The van der Waals surface area contributed by atoms with Gasteiger partial charge in [0.25, 0.3) is 0 Å². The third kappa shape index (κ3) is 3.22. The Morgan fingerprint density at radius 1 is 1.25 bits per heavy atom. The van der Waals surface area contributed by atoms with E-state index >= 15 is 0 Å². The molecule has 66 valence electrons. The first-order chi connectivity index (χ1) is 5.83. The second kappa shape index (κ2) is 5.14. The van der Waals surface area contributed by atoms with E-state index in [9.17, 15) is 0 Å². The van der Waals surface area contributed by atoms with Crippen LogP contribution in [0.5, 0.6) is 0 Å². The average Bonchev–Trinajstić information content (AvgIpc) is 2.09. The van der Waals surface area contributed by atoms with E-state index in [-0.39, 0.29) is 0 Å². The van der Waals surface area contributed by atoms with Crippen molar-refractivity contribution in [3.8, 4) is 0 Å². The molecule has 0 unspecified atom stereocenters. The fourth-order valence-electron chi connectivity index (χ4n) is 1.01. The molecule has 1 aromatic carbocycles. The summed E-state index contributed by atoms with van der Waals surface area (Å²) in [6.45, 7) is 0.600. The Balaban J connectivity index is 2.37. The summed E-state index contributed by atoms with van der Waals surface area (Å²) in [4.78, 5) is 4.46. The second-order valence-corrected chi connectivity index (χ2v) is 3.04. The molecule has 12 heavy (non-hydrogen) atoms. The first-order valence-electron chi connectivity index (χ1n) is 3.89. The largest absolute Gasteiger partial charge is 0.305 e. The highest BCUT2D eigenvalue weighted by Gasteiger charge is 1.92. The zero-order chi connectivity index (χ0) is 8.81. The molecule has 0 aliphatic heterocycles. The summed E-state index contributed by atoms with van der Waals surface area (Å²) in [5.41, 5.74) is 1.26. The van der Waals surface area contributed by atoms with Gasteiger partial charge in [0.15, 0.2) is 0 Å². The minimum Gasteiger partial charge on any atom is -0.305 e. The summed E-state index contributed by atoms with van der Waals surface area (Å²) in [6, 6.07) is 7.80. The molecule has 0 heterocycles. The predicted molar refractivity (Wildman–Crippen MR) is 49.9 cm³/mol. The van der Waals surface area contributed by atoms with Gasteiger partial charge in [-0.3, -0.25) is 0 Å². The van der Waals surface area contributed by atoms with E-state index in [1.54, 1.807) is 0 Å². The van der Waals surface area contributed by atoms with E-state index in [0.717, 1.165) is 17.9 Å². The summed E-state index contributed by atoms with van der Waals surface area (Å²) >= 11 is 5.73. The molecule has 3 heteroatoms. The minimum absolute atomic E-state index is 0.600. The van der Waals surface area contributed by atoms with Crippen molar-refractivity contribution in [3.05, 3.63) is 34.9 Å². The van der Waals surface area contributed by atoms with Gasteiger partial charge in [0.2, 0.25) is 0 Å². The van der Waals surface area contributed by atoms with Crippen LogP contribution in [-0.2, 0) is 11.3 Å². The molecule has 2 nitrogen and oxygen atoms in total. The van der Waals surface area contributed by atoms with E-state index in [1.165, 1.54) is 5.56 Å². The van der Waals surface area contributed by atoms with Crippen molar-refractivity contribution in [1.82, 2.24) is 0 Å². The third-order valence-corrected chi connectivity index (χ3v) is 1.89. The average molecular weight is 186 g/mol. The van der Waals surface area contributed by atoms with Crippen LogP contribution in [0.3, 0.4) is 0 Å². The van der Waals surface area contributed by atoms with Crippen LogP contribution < -0.4 is 5.90 Å². The Hall–Kier alpha value is -0.570. The standard InChI is InChI=1S/C9H12ClNO/c10-9-5-3-8(4-6-9)2-1-7-12-11/h3-6H,1-2,7,11H2. The number of nitrogens with two attached hydrogens (primary N) is 1. The zero-order valence-electron chi connectivity index (χ0n) is 6.79. The van der Waals surface area contributed by atoms with Gasteiger partial charge in [-0.2, -0.15) is 0 Å². The molecule has 0 spiro atoms.